The second-order valence-electron chi connectivity index (χ2n) is 16.9. The molecule has 0 aromatic heterocycles. The summed E-state index contributed by atoms with van der Waals surface area (Å²) in [5.41, 5.74) is 0. The SMILES string of the molecule is CC\C=C/C=C\C=C/C=C\C=C/CCCCCC(=O)OC(COC(=O)CCCCCCC\C=C/C=C\C=C/CC)COC(=O)CCCCCCCCCCCCCCCCCCC. The Bertz CT molecular complexity index is 1280. The summed E-state index contributed by atoms with van der Waals surface area (Å²) >= 11 is 0. The van der Waals surface area contributed by atoms with Gasteiger partial charge in [0.05, 0.1) is 0 Å². The molecule has 0 radical (unpaired) electrons. The molecule has 0 saturated heterocycles. The number of ether oxygens (including phenoxy) is 3. The van der Waals surface area contributed by atoms with Crippen LogP contribution in [0, 0.1) is 0 Å². The summed E-state index contributed by atoms with van der Waals surface area (Å²) in [6.07, 6.45) is 66.8. The van der Waals surface area contributed by atoms with Crippen LogP contribution in [0.15, 0.2) is 97.2 Å². The molecule has 1 unspecified atom stereocenters. The maximum absolute atomic E-state index is 12.8. The van der Waals surface area contributed by atoms with Gasteiger partial charge in [-0.15, -0.1) is 0 Å². The largest absolute Gasteiger partial charge is 0.462 e. The number of esters is 3. The Labute approximate surface area is 387 Å². The van der Waals surface area contributed by atoms with Crippen molar-refractivity contribution in [1.29, 1.82) is 0 Å². The van der Waals surface area contributed by atoms with Crippen molar-refractivity contribution in [2.45, 2.75) is 232 Å². The molecule has 6 heteroatoms. The third kappa shape index (κ3) is 49.2. The maximum Gasteiger partial charge on any atom is 0.306 e. The summed E-state index contributed by atoms with van der Waals surface area (Å²) < 4.78 is 16.7. The van der Waals surface area contributed by atoms with E-state index in [0.717, 1.165) is 89.9 Å². The van der Waals surface area contributed by atoms with E-state index in [1.54, 1.807) is 0 Å². The number of carbonyl (C=O) groups is 3. The van der Waals surface area contributed by atoms with E-state index in [4.69, 9.17) is 14.2 Å². The number of carbonyl (C=O) groups excluding carboxylic acids is 3. The predicted molar refractivity (Wildman–Crippen MR) is 270 cm³/mol. The molecule has 1 atom stereocenters. The molecule has 0 spiro atoms. The fraction of sp³-hybridized carbons (Fsp3) is 0.667. The first-order valence-corrected chi connectivity index (χ1v) is 25.8. The highest BCUT2D eigenvalue weighted by Gasteiger charge is 2.19. The third-order valence-electron chi connectivity index (χ3n) is 10.8. The van der Waals surface area contributed by atoms with Crippen LogP contribution in [0.3, 0.4) is 0 Å². The second kappa shape index (κ2) is 51.0. The smallest absolute Gasteiger partial charge is 0.306 e. The number of hydrogen-bond acceptors (Lipinski definition) is 6. The van der Waals surface area contributed by atoms with Gasteiger partial charge in [-0.05, 0) is 57.8 Å². The molecule has 0 aliphatic carbocycles. The zero-order valence-corrected chi connectivity index (χ0v) is 40.8. The molecule has 0 rings (SSSR count). The summed E-state index contributed by atoms with van der Waals surface area (Å²) in [5, 5.41) is 0. The van der Waals surface area contributed by atoms with Crippen LogP contribution in [0.25, 0.3) is 0 Å². The molecule has 0 amide bonds. The minimum absolute atomic E-state index is 0.101. The van der Waals surface area contributed by atoms with Gasteiger partial charge in [-0.1, -0.05) is 246 Å². The predicted octanol–water partition coefficient (Wildman–Crippen LogP) is 17.0. The Morgan fingerprint density at radius 2 is 0.619 bits per heavy atom. The lowest BCUT2D eigenvalue weighted by Gasteiger charge is -2.18. The normalized spacial score (nSPS) is 12.9. The van der Waals surface area contributed by atoms with Crippen LogP contribution in [0.2, 0.25) is 0 Å². The first-order chi connectivity index (χ1) is 31.0. The van der Waals surface area contributed by atoms with E-state index < -0.39 is 6.10 Å². The second-order valence-corrected chi connectivity index (χ2v) is 16.9. The Morgan fingerprint density at radius 1 is 0.333 bits per heavy atom. The fourth-order valence-corrected chi connectivity index (χ4v) is 6.93. The number of hydrogen-bond donors (Lipinski definition) is 0. The van der Waals surface area contributed by atoms with Gasteiger partial charge in [-0.25, -0.2) is 0 Å². The number of unbranched alkanes of at least 4 members (excludes halogenated alkanes) is 24. The van der Waals surface area contributed by atoms with Crippen molar-refractivity contribution >= 4 is 17.9 Å². The monoisotopic (exact) mass is 875 g/mol. The number of rotatable bonds is 45. The molecule has 0 heterocycles. The van der Waals surface area contributed by atoms with Gasteiger partial charge in [0.1, 0.15) is 13.2 Å². The first kappa shape index (κ1) is 59.3. The maximum atomic E-state index is 12.8. The lowest BCUT2D eigenvalue weighted by Crippen LogP contribution is -2.30. The Kier molecular flexibility index (Phi) is 48.0. The summed E-state index contributed by atoms with van der Waals surface area (Å²) in [4.78, 5) is 38.0. The van der Waals surface area contributed by atoms with E-state index in [9.17, 15) is 14.4 Å². The van der Waals surface area contributed by atoms with Crippen molar-refractivity contribution in [2.75, 3.05) is 13.2 Å². The van der Waals surface area contributed by atoms with Crippen molar-refractivity contribution in [1.82, 2.24) is 0 Å². The summed E-state index contributed by atoms with van der Waals surface area (Å²) in [5.74, 6) is -0.965. The molecule has 0 N–H and O–H groups in total. The van der Waals surface area contributed by atoms with Crippen molar-refractivity contribution in [3.63, 3.8) is 0 Å². The Hall–Kier alpha value is -3.67. The molecule has 0 saturated carbocycles. The topological polar surface area (TPSA) is 78.9 Å². The summed E-state index contributed by atoms with van der Waals surface area (Å²) in [6.45, 7) is 6.31. The van der Waals surface area contributed by atoms with Crippen LogP contribution in [0.5, 0.6) is 0 Å². The van der Waals surface area contributed by atoms with Gasteiger partial charge in [0.15, 0.2) is 6.10 Å². The van der Waals surface area contributed by atoms with Crippen molar-refractivity contribution in [3.8, 4) is 0 Å². The minimum atomic E-state index is -0.807. The molecule has 0 fully saturated rings. The van der Waals surface area contributed by atoms with E-state index in [2.05, 4.69) is 69.4 Å². The molecular weight excluding hydrogens is 781 g/mol. The molecule has 63 heavy (non-hydrogen) atoms. The first-order valence-electron chi connectivity index (χ1n) is 25.8. The highest BCUT2D eigenvalue weighted by molar-refractivity contribution is 5.71. The van der Waals surface area contributed by atoms with E-state index in [1.807, 2.05) is 48.6 Å². The molecule has 0 aliphatic rings. The van der Waals surface area contributed by atoms with Crippen LogP contribution in [-0.4, -0.2) is 37.2 Å². The van der Waals surface area contributed by atoms with Gasteiger partial charge in [0.2, 0.25) is 0 Å². The third-order valence-corrected chi connectivity index (χ3v) is 10.8. The Morgan fingerprint density at radius 3 is 0.984 bits per heavy atom. The standard InChI is InChI=1S/C57H94O6/c1-4-7-10-13-16-19-22-25-27-28-30-32-35-38-41-44-47-50-56(59)62-53-54(52-61-55(58)49-46-43-40-37-34-31-24-21-18-15-12-9-6-3)63-57(60)51-48-45-42-39-36-33-29-26-23-20-17-14-11-8-5-2/h8-9,11-12,14-15,17-18,20-21,23-24,26,29,33,36,54H,4-7,10,13,16,19,22,25,27-28,30-32,34-35,37-53H2,1-3H3/b11-8-,12-9-,17-14-,18-15-,23-20-,24-21-,29-26-,36-33-. The molecule has 358 valence electrons. The van der Waals surface area contributed by atoms with Gasteiger partial charge in [0, 0.05) is 19.3 Å². The molecular formula is C57H94O6. The van der Waals surface area contributed by atoms with Gasteiger partial charge < -0.3 is 14.2 Å². The van der Waals surface area contributed by atoms with Crippen LogP contribution in [-0.2, 0) is 28.6 Å². The van der Waals surface area contributed by atoms with Crippen LogP contribution in [0.4, 0.5) is 0 Å². The quantitative estimate of drug-likeness (QED) is 0.0262. The van der Waals surface area contributed by atoms with Crippen LogP contribution < -0.4 is 0 Å². The fourth-order valence-electron chi connectivity index (χ4n) is 6.93. The molecule has 6 nitrogen and oxygen atoms in total. The van der Waals surface area contributed by atoms with Crippen molar-refractivity contribution in [3.05, 3.63) is 97.2 Å². The number of allylic oxidation sites excluding steroid dienone is 16. The Balaban J connectivity index is 4.46. The minimum Gasteiger partial charge on any atom is -0.462 e. The molecule has 0 bridgehead atoms. The highest BCUT2D eigenvalue weighted by Crippen LogP contribution is 2.15. The van der Waals surface area contributed by atoms with Gasteiger partial charge in [-0.3, -0.25) is 14.4 Å². The van der Waals surface area contributed by atoms with Crippen LogP contribution >= 0.6 is 0 Å². The average Bonchev–Trinajstić information content (AvgIpc) is 3.28. The van der Waals surface area contributed by atoms with Gasteiger partial charge in [0.25, 0.3) is 0 Å². The van der Waals surface area contributed by atoms with E-state index in [1.165, 1.54) is 89.9 Å². The lowest BCUT2D eigenvalue weighted by molar-refractivity contribution is -0.167. The summed E-state index contributed by atoms with van der Waals surface area (Å²) in [6, 6.07) is 0. The molecule has 0 aromatic carbocycles. The average molecular weight is 875 g/mol. The summed E-state index contributed by atoms with van der Waals surface area (Å²) in [7, 11) is 0. The van der Waals surface area contributed by atoms with Crippen molar-refractivity contribution in [2.24, 2.45) is 0 Å². The molecule has 0 aliphatic heterocycles. The van der Waals surface area contributed by atoms with Crippen molar-refractivity contribution < 1.29 is 28.6 Å². The lowest BCUT2D eigenvalue weighted by atomic mass is 10.0. The zero-order chi connectivity index (χ0) is 45.8. The van der Waals surface area contributed by atoms with E-state index in [0.29, 0.717) is 19.3 Å². The van der Waals surface area contributed by atoms with Crippen LogP contribution in [0.1, 0.15) is 226 Å². The molecule has 0 aromatic rings. The van der Waals surface area contributed by atoms with Gasteiger partial charge >= 0.3 is 17.9 Å². The van der Waals surface area contributed by atoms with E-state index >= 15 is 0 Å². The van der Waals surface area contributed by atoms with Gasteiger partial charge in [-0.2, -0.15) is 0 Å². The zero-order valence-electron chi connectivity index (χ0n) is 40.8. The highest BCUT2D eigenvalue weighted by atomic mass is 16.6. The van der Waals surface area contributed by atoms with E-state index in [-0.39, 0.29) is 37.5 Å².